The number of ether oxygens (including phenoxy) is 2. The molecule has 1 heterocycles. The average Bonchev–Trinajstić information content (AvgIpc) is 2.76. The first kappa shape index (κ1) is 18.5. The summed E-state index contributed by atoms with van der Waals surface area (Å²) in [7, 11) is 0. The molecule has 26 heavy (non-hydrogen) atoms. The van der Waals surface area contributed by atoms with Crippen molar-refractivity contribution in [3.8, 4) is 5.75 Å². The quantitative estimate of drug-likeness (QED) is 0.542. The molecule has 0 aliphatic carbocycles. The molecule has 1 amide bonds. The lowest BCUT2D eigenvalue weighted by molar-refractivity contribution is -0.135. The Hall–Kier alpha value is -2.34. The largest absolute Gasteiger partial charge is 0.449 e. The second kappa shape index (κ2) is 7.91. The molecule has 0 aromatic heterocycles. The van der Waals surface area contributed by atoms with Crippen molar-refractivity contribution < 1.29 is 19.1 Å². The second-order valence-electron chi connectivity index (χ2n) is 6.57. The van der Waals surface area contributed by atoms with E-state index in [-0.39, 0.29) is 19.1 Å². The third-order valence-electron chi connectivity index (χ3n) is 3.99. The fraction of sp³-hybridized carbons (Fsp3) is 0.300. The maximum atomic E-state index is 12.8. The zero-order chi connectivity index (χ0) is 18.7. The van der Waals surface area contributed by atoms with E-state index >= 15 is 0 Å². The van der Waals surface area contributed by atoms with Crippen LogP contribution in [0.15, 0.2) is 53.0 Å². The molecular weight excluding hydrogens is 398 g/mol. The standard InChI is InChI=1S/C20H20BrNO4/c1-13(2)12-25-20(24)22-11-18(23)26-17-9-8-15(21)10-16(17)19(22)14-6-4-3-5-7-14/h3-10,13,19H,11-12H2,1-2H3. The van der Waals surface area contributed by atoms with Gasteiger partial charge >= 0.3 is 12.1 Å². The zero-order valence-electron chi connectivity index (χ0n) is 14.6. The highest BCUT2D eigenvalue weighted by molar-refractivity contribution is 9.10. The number of hydrogen-bond acceptors (Lipinski definition) is 4. The first-order valence-electron chi connectivity index (χ1n) is 8.44. The summed E-state index contributed by atoms with van der Waals surface area (Å²) < 4.78 is 11.7. The van der Waals surface area contributed by atoms with Crippen molar-refractivity contribution in [2.24, 2.45) is 5.92 Å². The lowest BCUT2D eigenvalue weighted by atomic mass is 9.97. The van der Waals surface area contributed by atoms with E-state index in [4.69, 9.17) is 9.47 Å². The predicted molar refractivity (Wildman–Crippen MR) is 101 cm³/mol. The molecule has 1 aliphatic rings. The monoisotopic (exact) mass is 417 g/mol. The Morgan fingerprint density at radius 2 is 2.00 bits per heavy atom. The van der Waals surface area contributed by atoms with Gasteiger partial charge in [-0.15, -0.1) is 0 Å². The Morgan fingerprint density at radius 1 is 1.27 bits per heavy atom. The Balaban J connectivity index is 2.08. The number of nitrogens with zero attached hydrogens (tertiary/aromatic N) is 1. The SMILES string of the molecule is CC(C)COC(=O)N1CC(=O)Oc2ccc(Br)cc2C1c1ccccc1. The van der Waals surface area contributed by atoms with Gasteiger partial charge in [-0.05, 0) is 29.7 Å². The van der Waals surface area contributed by atoms with Crippen LogP contribution in [0.5, 0.6) is 5.75 Å². The summed E-state index contributed by atoms with van der Waals surface area (Å²) in [4.78, 5) is 26.5. The van der Waals surface area contributed by atoms with Crippen molar-refractivity contribution in [2.45, 2.75) is 19.9 Å². The Bertz CT molecular complexity index is 807. The summed E-state index contributed by atoms with van der Waals surface area (Å²) in [6.45, 7) is 4.04. The van der Waals surface area contributed by atoms with Crippen molar-refractivity contribution in [3.63, 3.8) is 0 Å². The Morgan fingerprint density at radius 3 is 2.69 bits per heavy atom. The van der Waals surface area contributed by atoms with Crippen LogP contribution in [0.4, 0.5) is 4.79 Å². The van der Waals surface area contributed by atoms with Crippen LogP contribution in [0.2, 0.25) is 0 Å². The van der Waals surface area contributed by atoms with Gasteiger partial charge in [0.25, 0.3) is 0 Å². The number of esters is 1. The summed E-state index contributed by atoms with van der Waals surface area (Å²) in [5, 5.41) is 0. The Labute approximate surface area is 161 Å². The molecule has 136 valence electrons. The molecule has 0 spiro atoms. The van der Waals surface area contributed by atoms with Crippen molar-refractivity contribution in [3.05, 3.63) is 64.1 Å². The van der Waals surface area contributed by atoms with E-state index in [1.807, 2.05) is 50.2 Å². The molecule has 1 unspecified atom stereocenters. The first-order chi connectivity index (χ1) is 12.5. The fourth-order valence-electron chi connectivity index (χ4n) is 2.86. The van der Waals surface area contributed by atoms with E-state index in [1.165, 1.54) is 4.90 Å². The number of halogens is 1. The van der Waals surface area contributed by atoms with Gasteiger partial charge in [-0.3, -0.25) is 4.90 Å². The molecular formula is C20H20BrNO4. The van der Waals surface area contributed by atoms with E-state index in [2.05, 4.69) is 15.9 Å². The van der Waals surface area contributed by atoms with Gasteiger partial charge in [-0.1, -0.05) is 60.1 Å². The van der Waals surface area contributed by atoms with Crippen LogP contribution in [0.1, 0.15) is 31.0 Å². The third-order valence-corrected chi connectivity index (χ3v) is 4.48. The molecule has 1 aliphatic heterocycles. The normalized spacial score (nSPS) is 16.7. The van der Waals surface area contributed by atoms with Gasteiger partial charge < -0.3 is 9.47 Å². The molecule has 3 rings (SSSR count). The lowest BCUT2D eigenvalue weighted by Gasteiger charge is -2.29. The van der Waals surface area contributed by atoms with E-state index < -0.39 is 18.1 Å². The summed E-state index contributed by atoms with van der Waals surface area (Å²) in [5.74, 6) is 0.161. The molecule has 2 aromatic carbocycles. The maximum absolute atomic E-state index is 12.8. The molecule has 6 heteroatoms. The molecule has 0 saturated carbocycles. The van der Waals surface area contributed by atoms with Crippen molar-refractivity contribution >= 4 is 28.0 Å². The van der Waals surface area contributed by atoms with Gasteiger partial charge in [0.2, 0.25) is 0 Å². The number of amides is 1. The number of carbonyl (C=O) groups is 2. The highest BCUT2D eigenvalue weighted by Gasteiger charge is 2.35. The molecule has 1 atom stereocenters. The van der Waals surface area contributed by atoms with Crippen LogP contribution in [0.3, 0.4) is 0 Å². The first-order valence-corrected chi connectivity index (χ1v) is 9.23. The van der Waals surface area contributed by atoms with Crippen molar-refractivity contribution in [1.82, 2.24) is 4.90 Å². The molecule has 0 N–H and O–H groups in total. The number of carbonyl (C=O) groups excluding carboxylic acids is 2. The Kier molecular flexibility index (Phi) is 5.61. The number of hydrogen-bond donors (Lipinski definition) is 0. The third kappa shape index (κ3) is 4.07. The second-order valence-corrected chi connectivity index (χ2v) is 7.48. The van der Waals surface area contributed by atoms with E-state index in [9.17, 15) is 9.59 Å². The van der Waals surface area contributed by atoms with E-state index in [0.717, 1.165) is 15.6 Å². The topological polar surface area (TPSA) is 55.8 Å². The van der Waals surface area contributed by atoms with E-state index in [1.54, 1.807) is 12.1 Å². The molecule has 5 nitrogen and oxygen atoms in total. The minimum atomic E-state index is -0.530. The number of benzene rings is 2. The number of rotatable bonds is 3. The molecule has 0 fully saturated rings. The summed E-state index contributed by atoms with van der Waals surface area (Å²) in [6.07, 6.45) is -0.530. The average molecular weight is 418 g/mol. The highest BCUT2D eigenvalue weighted by atomic mass is 79.9. The van der Waals surface area contributed by atoms with Gasteiger partial charge in [-0.25, -0.2) is 9.59 Å². The number of fused-ring (bicyclic) bond motifs is 1. The van der Waals surface area contributed by atoms with E-state index in [0.29, 0.717) is 5.75 Å². The molecule has 0 saturated heterocycles. The minimum Gasteiger partial charge on any atom is -0.449 e. The summed E-state index contributed by atoms with van der Waals surface area (Å²) in [5.41, 5.74) is 1.62. The van der Waals surface area contributed by atoms with Gasteiger partial charge in [0, 0.05) is 10.0 Å². The van der Waals surface area contributed by atoms with Gasteiger partial charge in [0.1, 0.15) is 12.3 Å². The summed E-state index contributed by atoms with van der Waals surface area (Å²) >= 11 is 3.46. The fourth-order valence-corrected chi connectivity index (χ4v) is 3.24. The maximum Gasteiger partial charge on any atom is 0.411 e. The van der Waals surface area contributed by atoms with Crippen LogP contribution >= 0.6 is 15.9 Å². The van der Waals surface area contributed by atoms with Crippen molar-refractivity contribution in [2.75, 3.05) is 13.2 Å². The summed E-state index contributed by atoms with van der Waals surface area (Å²) in [6, 6.07) is 14.5. The van der Waals surface area contributed by atoms with Gasteiger partial charge in [-0.2, -0.15) is 0 Å². The van der Waals surface area contributed by atoms with Crippen LogP contribution < -0.4 is 4.74 Å². The van der Waals surface area contributed by atoms with Gasteiger partial charge in [0.05, 0.1) is 12.6 Å². The molecule has 2 aromatic rings. The smallest absolute Gasteiger partial charge is 0.411 e. The van der Waals surface area contributed by atoms with Crippen LogP contribution in [0, 0.1) is 5.92 Å². The van der Waals surface area contributed by atoms with Crippen molar-refractivity contribution in [1.29, 1.82) is 0 Å². The van der Waals surface area contributed by atoms with Crippen LogP contribution in [-0.4, -0.2) is 30.1 Å². The molecule has 0 bridgehead atoms. The molecule has 0 radical (unpaired) electrons. The predicted octanol–water partition coefficient (Wildman–Crippen LogP) is 4.55. The highest BCUT2D eigenvalue weighted by Crippen LogP contribution is 2.38. The van der Waals surface area contributed by atoms with Crippen LogP contribution in [0.25, 0.3) is 0 Å². The lowest BCUT2D eigenvalue weighted by Crippen LogP contribution is -2.39. The minimum absolute atomic E-state index is 0.178. The van der Waals surface area contributed by atoms with Crippen LogP contribution in [-0.2, 0) is 9.53 Å². The zero-order valence-corrected chi connectivity index (χ0v) is 16.2. The van der Waals surface area contributed by atoms with Gasteiger partial charge in [0.15, 0.2) is 0 Å².